The summed E-state index contributed by atoms with van der Waals surface area (Å²) in [6, 6.07) is 21.7. The average Bonchev–Trinajstić information content (AvgIpc) is 3.40. The van der Waals surface area contributed by atoms with Gasteiger partial charge in [-0.15, -0.1) is 10.2 Å². The van der Waals surface area contributed by atoms with Crippen LogP contribution in [-0.2, 0) is 14.1 Å². The molecule has 3 heterocycles. The normalized spacial score (nSPS) is 11.1. The molecule has 0 fully saturated rings. The number of nitrogens with zero attached hydrogens (tertiary/aromatic N) is 7. The summed E-state index contributed by atoms with van der Waals surface area (Å²) in [5.41, 5.74) is 3.59. The van der Waals surface area contributed by atoms with E-state index < -0.39 is 0 Å². The number of rotatable bonds is 5. The summed E-state index contributed by atoms with van der Waals surface area (Å²) in [5.74, 6) is 1.39. The van der Waals surface area contributed by atoms with E-state index in [2.05, 4.69) is 25.0 Å². The van der Waals surface area contributed by atoms with Crippen molar-refractivity contribution in [3.63, 3.8) is 0 Å². The minimum atomic E-state index is 0.588. The van der Waals surface area contributed by atoms with Crippen molar-refractivity contribution in [2.45, 2.75) is 9.92 Å². The zero-order valence-electron chi connectivity index (χ0n) is 17.3. The van der Waals surface area contributed by atoms with Gasteiger partial charge in [0.15, 0.2) is 5.82 Å². The molecule has 0 spiro atoms. The SMILES string of the molecule is Cn1nnc(-c2ccc(-c3nc(-c4ccccn4)n(C)c3Sc3ccc(Cl)cc3)cc2)n1. The van der Waals surface area contributed by atoms with Crippen molar-refractivity contribution >= 4 is 23.4 Å². The second kappa shape index (κ2) is 8.57. The Balaban J connectivity index is 1.59. The highest BCUT2D eigenvalue weighted by atomic mass is 35.5. The Morgan fingerprint density at radius 3 is 2.28 bits per heavy atom. The van der Waals surface area contributed by atoms with Crippen LogP contribution >= 0.6 is 23.4 Å². The fraction of sp³-hybridized carbons (Fsp3) is 0.0870. The molecule has 3 aromatic heterocycles. The van der Waals surface area contributed by atoms with Gasteiger partial charge in [0.2, 0.25) is 5.82 Å². The van der Waals surface area contributed by atoms with Crippen molar-refractivity contribution in [2.75, 3.05) is 0 Å². The topological polar surface area (TPSA) is 74.3 Å². The zero-order chi connectivity index (χ0) is 22.1. The maximum atomic E-state index is 6.07. The maximum absolute atomic E-state index is 6.07. The Labute approximate surface area is 194 Å². The van der Waals surface area contributed by atoms with Crippen molar-refractivity contribution in [1.29, 1.82) is 0 Å². The molecule has 0 unspecified atom stereocenters. The van der Waals surface area contributed by atoms with Crippen LogP contribution in [0.1, 0.15) is 0 Å². The molecule has 0 bridgehead atoms. The van der Waals surface area contributed by atoms with Gasteiger partial charge in [-0.05, 0) is 41.6 Å². The molecular formula is C23H18ClN7S. The molecule has 2 aromatic carbocycles. The predicted molar refractivity (Wildman–Crippen MR) is 125 cm³/mol. The van der Waals surface area contributed by atoms with E-state index in [1.165, 1.54) is 4.80 Å². The van der Waals surface area contributed by atoms with Crippen molar-refractivity contribution in [2.24, 2.45) is 14.1 Å². The lowest BCUT2D eigenvalue weighted by Gasteiger charge is -2.08. The first-order valence-corrected chi connectivity index (χ1v) is 11.0. The minimum Gasteiger partial charge on any atom is -0.320 e. The fourth-order valence-corrected chi connectivity index (χ4v) is 4.41. The van der Waals surface area contributed by atoms with E-state index in [0.717, 1.165) is 38.3 Å². The van der Waals surface area contributed by atoms with Crippen LogP contribution in [0.5, 0.6) is 0 Å². The standard InChI is InChI=1S/C23H18ClN7S/c1-30-22(19-5-3-4-14-25-19)26-20(23(30)32-18-12-10-17(24)11-13-18)15-6-8-16(9-7-15)21-27-29-31(2)28-21/h3-14H,1-2H3. The maximum Gasteiger partial charge on any atom is 0.204 e. The number of tetrazole rings is 1. The lowest BCUT2D eigenvalue weighted by Crippen LogP contribution is -1.95. The molecule has 0 saturated carbocycles. The molecule has 5 rings (SSSR count). The third-order valence-electron chi connectivity index (χ3n) is 4.89. The van der Waals surface area contributed by atoms with Crippen LogP contribution in [0.3, 0.4) is 0 Å². The number of imidazole rings is 1. The monoisotopic (exact) mass is 459 g/mol. The van der Waals surface area contributed by atoms with E-state index in [-0.39, 0.29) is 0 Å². The summed E-state index contributed by atoms with van der Waals surface area (Å²) in [4.78, 5) is 12.0. The summed E-state index contributed by atoms with van der Waals surface area (Å²) in [6.45, 7) is 0. The molecule has 0 aliphatic rings. The molecule has 7 nitrogen and oxygen atoms in total. The molecule has 0 aliphatic carbocycles. The number of hydrogen-bond acceptors (Lipinski definition) is 6. The van der Waals surface area contributed by atoms with Gasteiger partial charge in [-0.1, -0.05) is 53.7 Å². The van der Waals surface area contributed by atoms with Crippen LogP contribution in [-0.4, -0.2) is 34.7 Å². The summed E-state index contributed by atoms with van der Waals surface area (Å²) in [5, 5.41) is 14.0. The van der Waals surface area contributed by atoms with Crippen molar-refractivity contribution in [1.82, 2.24) is 34.7 Å². The number of aryl methyl sites for hydroxylation is 1. The van der Waals surface area contributed by atoms with E-state index in [9.17, 15) is 0 Å². The van der Waals surface area contributed by atoms with Gasteiger partial charge in [-0.2, -0.15) is 4.80 Å². The van der Waals surface area contributed by atoms with Gasteiger partial charge in [-0.25, -0.2) is 4.98 Å². The van der Waals surface area contributed by atoms with Crippen LogP contribution in [0.2, 0.25) is 5.02 Å². The van der Waals surface area contributed by atoms with Gasteiger partial charge < -0.3 is 4.57 Å². The van der Waals surface area contributed by atoms with E-state index in [4.69, 9.17) is 16.6 Å². The number of pyridine rings is 1. The molecule has 0 saturated heterocycles. The van der Waals surface area contributed by atoms with Gasteiger partial charge in [0, 0.05) is 34.3 Å². The highest BCUT2D eigenvalue weighted by Gasteiger charge is 2.19. The van der Waals surface area contributed by atoms with Crippen LogP contribution in [0.15, 0.2) is 82.8 Å². The number of hydrogen-bond donors (Lipinski definition) is 0. The third kappa shape index (κ3) is 4.02. The van der Waals surface area contributed by atoms with Crippen LogP contribution in [0.25, 0.3) is 34.2 Å². The average molecular weight is 460 g/mol. The van der Waals surface area contributed by atoms with Crippen molar-refractivity contribution < 1.29 is 0 Å². The summed E-state index contributed by atoms with van der Waals surface area (Å²) in [6.07, 6.45) is 1.78. The Morgan fingerprint density at radius 1 is 0.875 bits per heavy atom. The number of halogens is 1. The first-order chi connectivity index (χ1) is 15.6. The highest BCUT2D eigenvalue weighted by molar-refractivity contribution is 7.99. The van der Waals surface area contributed by atoms with Gasteiger partial charge in [0.05, 0.1) is 7.05 Å². The minimum absolute atomic E-state index is 0.588. The van der Waals surface area contributed by atoms with E-state index in [1.807, 2.05) is 73.8 Å². The first kappa shape index (κ1) is 20.4. The molecule has 158 valence electrons. The molecule has 0 N–H and O–H groups in total. The highest BCUT2D eigenvalue weighted by Crippen LogP contribution is 2.38. The lowest BCUT2D eigenvalue weighted by atomic mass is 10.1. The van der Waals surface area contributed by atoms with Gasteiger partial charge in [-0.3, -0.25) is 4.98 Å². The van der Waals surface area contributed by atoms with Gasteiger partial charge >= 0.3 is 0 Å². The molecule has 0 atom stereocenters. The second-order valence-corrected chi connectivity index (χ2v) is 8.60. The first-order valence-electron chi connectivity index (χ1n) is 9.85. The molecule has 9 heteroatoms. The second-order valence-electron chi connectivity index (χ2n) is 7.10. The van der Waals surface area contributed by atoms with E-state index in [1.54, 1.807) is 25.0 Å². The smallest absolute Gasteiger partial charge is 0.204 e. The molecule has 32 heavy (non-hydrogen) atoms. The Hall–Kier alpha value is -3.49. The van der Waals surface area contributed by atoms with Crippen molar-refractivity contribution in [3.8, 4) is 34.2 Å². The summed E-state index contributed by atoms with van der Waals surface area (Å²) < 4.78 is 2.08. The van der Waals surface area contributed by atoms with Crippen LogP contribution < -0.4 is 0 Å². The predicted octanol–water partition coefficient (Wildman–Crippen LogP) is 5.14. The lowest BCUT2D eigenvalue weighted by molar-refractivity contribution is 0.630. The Bertz CT molecular complexity index is 1360. The van der Waals surface area contributed by atoms with Gasteiger partial charge in [0.25, 0.3) is 0 Å². The Morgan fingerprint density at radius 2 is 1.62 bits per heavy atom. The fourth-order valence-electron chi connectivity index (χ4n) is 3.30. The number of aromatic nitrogens is 7. The molecule has 0 amide bonds. The van der Waals surface area contributed by atoms with E-state index >= 15 is 0 Å². The quantitative estimate of drug-likeness (QED) is 0.362. The summed E-state index contributed by atoms with van der Waals surface area (Å²) in [7, 11) is 3.76. The number of benzene rings is 2. The largest absolute Gasteiger partial charge is 0.320 e. The van der Waals surface area contributed by atoms with Crippen LogP contribution in [0.4, 0.5) is 0 Å². The molecular weight excluding hydrogens is 442 g/mol. The van der Waals surface area contributed by atoms with Gasteiger partial charge in [0.1, 0.15) is 16.4 Å². The van der Waals surface area contributed by atoms with E-state index in [0.29, 0.717) is 10.8 Å². The molecule has 0 radical (unpaired) electrons. The Kier molecular flexibility index (Phi) is 5.46. The van der Waals surface area contributed by atoms with Crippen LogP contribution in [0, 0.1) is 0 Å². The third-order valence-corrected chi connectivity index (χ3v) is 6.31. The molecule has 5 aromatic rings. The zero-order valence-corrected chi connectivity index (χ0v) is 18.9. The summed E-state index contributed by atoms with van der Waals surface area (Å²) >= 11 is 7.71. The van der Waals surface area contributed by atoms with Crippen molar-refractivity contribution in [3.05, 3.63) is 77.9 Å². The molecule has 0 aliphatic heterocycles.